The minimum atomic E-state index is -0.774. The molecule has 7 nitrogen and oxygen atoms in total. The molecule has 122 valence electrons. The van der Waals surface area contributed by atoms with Crippen molar-refractivity contribution in [2.75, 3.05) is 39.8 Å². The van der Waals surface area contributed by atoms with Crippen molar-refractivity contribution in [1.29, 1.82) is 0 Å². The van der Waals surface area contributed by atoms with Crippen molar-refractivity contribution in [3.63, 3.8) is 0 Å². The fraction of sp³-hybridized carbons (Fsp3) is 0.857. The standard InChI is InChI=1S/C14H28N4O3/c1-14(2,5-4-12(19)20)6-7-15-13(21)16-18-10-8-17(3)9-11-18/h4-11H2,1-3H3,(H,19,20)(H2,15,16,21). The van der Waals surface area contributed by atoms with E-state index in [1.54, 1.807) is 0 Å². The summed E-state index contributed by atoms with van der Waals surface area (Å²) in [5, 5.41) is 13.5. The zero-order chi connectivity index (χ0) is 15.9. The van der Waals surface area contributed by atoms with Crippen LogP contribution in [0.4, 0.5) is 4.79 Å². The second kappa shape index (κ2) is 8.19. The van der Waals surface area contributed by atoms with Gasteiger partial charge in [0.15, 0.2) is 0 Å². The largest absolute Gasteiger partial charge is 0.481 e. The van der Waals surface area contributed by atoms with Crippen molar-refractivity contribution < 1.29 is 14.7 Å². The van der Waals surface area contributed by atoms with Gasteiger partial charge in [-0.1, -0.05) is 13.8 Å². The molecule has 1 rings (SSSR count). The van der Waals surface area contributed by atoms with Crippen LogP contribution in [-0.2, 0) is 4.79 Å². The molecule has 1 aliphatic heterocycles. The molecule has 21 heavy (non-hydrogen) atoms. The van der Waals surface area contributed by atoms with Crippen LogP contribution in [0.1, 0.15) is 33.1 Å². The smallest absolute Gasteiger partial charge is 0.329 e. The number of hydrogen-bond donors (Lipinski definition) is 3. The number of hydrogen-bond acceptors (Lipinski definition) is 4. The topological polar surface area (TPSA) is 84.9 Å². The third-order valence-electron chi connectivity index (χ3n) is 3.87. The first-order valence-corrected chi connectivity index (χ1v) is 7.48. The third kappa shape index (κ3) is 7.87. The molecule has 0 atom stereocenters. The van der Waals surface area contributed by atoms with Gasteiger partial charge in [0, 0.05) is 39.1 Å². The molecular formula is C14H28N4O3. The highest BCUT2D eigenvalue weighted by Crippen LogP contribution is 2.25. The van der Waals surface area contributed by atoms with Crippen LogP contribution in [0.5, 0.6) is 0 Å². The number of carboxylic acids is 1. The van der Waals surface area contributed by atoms with Crippen LogP contribution >= 0.6 is 0 Å². The van der Waals surface area contributed by atoms with E-state index in [4.69, 9.17) is 5.11 Å². The molecule has 7 heteroatoms. The van der Waals surface area contributed by atoms with Gasteiger partial charge in [-0.2, -0.15) is 0 Å². The number of urea groups is 1. The zero-order valence-electron chi connectivity index (χ0n) is 13.3. The first-order valence-electron chi connectivity index (χ1n) is 7.48. The molecule has 1 saturated heterocycles. The van der Waals surface area contributed by atoms with Crippen LogP contribution in [0, 0.1) is 5.41 Å². The molecule has 3 N–H and O–H groups in total. The fourth-order valence-corrected chi connectivity index (χ4v) is 2.19. The number of aliphatic carboxylic acids is 1. The quantitative estimate of drug-likeness (QED) is 0.645. The molecule has 0 unspecified atom stereocenters. The summed E-state index contributed by atoms with van der Waals surface area (Å²) in [6.07, 6.45) is 1.54. The SMILES string of the molecule is CN1CCN(NC(=O)NCCC(C)(C)CCC(=O)O)CC1. The third-order valence-corrected chi connectivity index (χ3v) is 3.87. The highest BCUT2D eigenvalue weighted by Gasteiger charge is 2.20. The van der Waals surface area contributed by atoms with Gasteiger partial charge in [0.2, 0.25) is 0 Å². The van der Waals surface area contributed by atoms with Crippen molar-refractivity contribution in [3.8, 4) is 0 Å². The van der Waals surface area contributed by atoms with Crippen LogP contribution in [0.15, 0.2) is 0 Å². The zero-order valence-corrected chi connectivity index (χ0v) is 13.3. The monoisotopic (exact) mass is 300 g/mol. The Kier molecular flexibility index (Phi) is 6.91. The first-order chi connectivity index (χ1) is 9.78. The Morgan fingerprint density at radius 2 is 1.76 bits per heavy atom. The number of likely N-dealkylation sites (N-methyl/N-ethyl adjacent to an activating group) is 1. The van der Waals surface area contributed by atoms with E-state index in [9.17, 15) is 9.59 Å². The number of carboxylic acid groups (broad SMARTS) is 1. The number of amides is 2. The Bertz CT molecular complexity index is 352. The van der Waals surface area contributed by atoms with Crippen LogP contribution in [-0.4, -0.2) is 66.8 Å². The van der Waals surface area contributed by atoms with Crippen LogP contribution in [0.2, 0.25) is 0 Å². The van der Waals surface area contributed by atoms with Gasteiger partial charge in [-0.15, -0.1) is 0 Å². The number of rotatable bonds is 7. The highest BCUT2D eigenvalue weighted by molar-refractivity contribution is 5.73. The van der Waals surface area contributed by atoms with Crippen LogP contribution < -0.4 is 10.7 Å². The second-order valence-corrected chi connectivity index (χ2v) is 6.47. The molecule has 0 aromatic heterocycles. The fourth-order valence-electron chi connectivity index (χ4n) is 2.19. The Labute approximate surface area is 126 Å². The van der Waals surface area contributed by atoms with Crippen molar-refractivity contribution in [3.05, 3.63) is 0 Å². The molecule has 0 radical (unpaired) electrons. The van der Waals surface area contributed by atoms with Gasteiger partial charge in [0.25, 0.3) is 0 Å². The predicted octanol–water partition coefficient (Wildman–Crippen LogP) is 0.729. The van der Waals surface area contributed by atoms with Crippen molar-refractivity contribution in [2.45, 2.75) is 33.1 Å². The molecule has 0 saturated carbocycles. The van der Waals surface area contributed by atoms with E-state index in [0.29, 0.717) is 13.0 Å². The Hall–Kier alpha value is -1.34. The lowest BCUT2D eigenvalue weighted by Crippen LogP contribution is -2.55. The average molecular weight is 300 g/mol. The Balaban J connectivity index is 2.16. The number of carbonyl (C=O) groups is 2. The summed E-state index contributed by atoms with van der Waals surface area (Å²) >= 11 is 0. The number of nitrogens with one attached hydrogen (secondary N) is 2. The van der Waals surface area contributed by atoms with Gasteiger partial charge in [0.1, 0.15) is 0 Å². The van der Waals surface area contributed by atoms with Crippen molar-refractivity contribution in [2.24, 2.45) is 5.41 Å². The van der Waals surface area contributed by atoms with Gasteiger partial charge in [-0.3, -0.25) is 10.2 Å². The molecule has 0 aromatic rings. The maximum Gasteiger partial charge on any atom is 0.329 e. The summed E-state index contributed by atoms with van der Waals surface area (Å²) in [7, 11) is 2.07. The number of carbonyl (C=O) groups excluding carboxylic acids is 1. The van der Waals surface area contributed by atoms with Gasteiger partial charge >= 0.3 is 12.0 Å². The number of hydrazine groups is 1. The lowest BCUT2D eigenvalue weighted by atomic mass is 9.84. The van der Waals surface area contributed by atoms with Crippen LogP contribution in [0.3, 0.4) is 0 Å². The van der Waals surface area contributed by atoms with Crippen molar-refractivity contribution >= 4 is 12.0 Å². The molecule has 1 fully saturated rings. The molecular weight excluding hydrogens is 272 g/mol. The second-order valence-electron chi connectivity index (χ2n) is 6.47. The predicted molar refractivity (Wildman–Crippen MR) is 80.9 cm³/mol. The summed E-state index contributed by atoms with van der Waals surface area (Å²) in [5.74, 6) is -0.774. The lowest BCUT2D eigenvalue weighted by molar-refractivity contribution is -0.137. The molecule has 2 amide bonds. The maximum atomic E-state index is 11.8. The van der Waals surface area contributed by atoms with Gasteiger partial charge < -0.3 is 15.3 Å². The van der Waals surface area contributed by atoms with E-state index in [1.165, 1.54) is 0 Å². The normalized spacial score (nSPS) is 17.5. The van der Waals surface area contributed by atoms with Gasteiger partial charge in [-0.05, 0) is 25.3 Å². The van der Waals surface area contributed by atoms with Crippen LogP contribution in [0.25, 0.3) is 0 Å². The molecule has 1 aliphatic rings. The summed E-state index contributed by atoms with van der Waals surface area (Å²) in [6, 6.07) is -0.186. The Morgan fingerprint density at radius 3 is 2.33 bits per heavy atom. The molecule has 0 bridgehead atoms. The lowest BCUT2D eigenvalue weighted by Gasteiger charge is -2.32. The maximum absolute atomic E-state index is 11.8. The molecule has 1 heterocycles. The molecule has 0 aromatic carbocycles. The molecule has 0 aliphatic carbocycles. The minimum absolute atomic E-state index is 0.0838. The van der Waals surface area contributed by atoms with E-state index in [1.807, 2.05) is 18.9 Å². The number of nitrogens with zero attached hydrogens (tertiary/aromatic N) is 2. The van der Waals surface area contributed by atoms with E-state index >= 15 is 0 Å². The Morgan fingerprint density at radius 1 is 1.14 bits per heavy atom. The summed E-state index contributed by atoms with van der Waals surface area (Å²) in [4.78, 5) is 24.6. The number of piperazine rings is 1. The van der Waals surface area contributed by atoms with E-state index in [2.05, 4.69) is 22.7 Å². The molecule has 0 spiro atoms. The van der Waals surface area contributed by atoms with E-state index in [-0.39, 0.29) is 17.9 Å². The van der Waals surface area contributed by atoms with Gasteiger partial charge in [0.05, 0.1) is 0 Å². The van der Waals surface area contributed by atoms with E-state index in [0.717, 1.165) is 32.6 Å². The summed E-state index contributed by atoms with van der Waals surface area (Å²) in [5.41, 5.74) is 2.75. The first kappa shape index (κ1) is 17.7. The van der Waals surface area contributed by atoms with Gasteiger partial charge in [-0.25, -0.2) is 9.80 Å². The minimum Gasteiger partial charge on any atom is -0.481 e. The summed E-state index contributed by atoms with van der Waals surface area (Å²) in [6.45, 7) is 8.14. The van der Waals surface area contributed by atoms with E-state index < -0.39 is 5.97 Å². The highest BCUT2D eigenvalue weighted by atomic mass is 16.4. The van der Waals surface area contributed by atoms with Crippen molar-refractivity contribution in [1.82, 2.24) is 20.7 Å². The summed E-state index contributed by atoms with van der Waals surface area (Å²) < 4.78 is 0. The average Bonchev–Trinajstić information content (AvgIpc) is 2.39.